The van der Waals surface area contributed by atoms with Gasteiger partial charge < -0.3 is 5.11 Å². The molecule has 0 aromatic heterocycles. The Balaban J connectivity index is 2.26. The molecular formula is C15H16N2O4S. The third-order valence-electron chi connectivity index (χ3n) is 2.96. The third-order valence-corrected chi connectivity index (χ3v) is 4.33. The van der Waals surface area contributed by atoms with Crippen LogP contribution < -0.4 is 4.72 Å². The van der Waals surface area contributed by atoms with Gasteiger partial charge in [-0.15, -0.1) is 0 Å². The van der Waals surface area contributed by atoms with E-state index in [1.807, 2.05) is 12.1 Å². The number of nitrogens with one attached hydrogen (secondary N) is 1. The molecule has 2 aromatic carbocycles. The van der Waals surface area contributed by atoms with Crippen LogP contribution in [0.25, 0.3) is 0 Å². The molecule has 2 N–H and O–H groups in total. The molecule has 0 aliphatic heterocycles. The summed E-state index contributed by atoms with van der Waals surface area (Å²) in [5, 5.41) is 8.71. The maximum absolute atomic E-state index is 12.2. The summed E-state index contributed by atoms with van der Waals surface area (Å²) in [6, 6.07) is 18.0. The molecule has 0 radical (unpaired) electrons. The van der Waals surface area contributed by atoms with Crippen LogP contribution in [0.15, 0.2) is 60.7 Å². The van der Waals surface area contributed by atoms with Crippen molar-refractivity contribution in [1.82, 2.24) is 9.03 Å². The van der Waals surface area contributed by atoms with E-state index in [4.69, 9.17) is 5.11 Å². The standard InChI is InChI=1S/C15H16N2O4S/c18-15(19)16-22(20,21)17(11-13-7-3-1-4-8-13)12-14-9-5-2-6-10-14/h1-10,16H,11-12H2,(H,18,19). The first-order valence-electron chi connectivity index (χ1n) is 6.56. The normalized spacial score (nSPS) is 11.3. The topological polar surface area (TPSA) is 86.7 Å². The summed E-state index contributed by atoms with van der Waals surface area (Å²) in [4.78, 5) is 10.7. The van der Waals surface area contributed by atoms with Gasteiger partial charge in [0.1, 0.15) is 0 Å². The van der Waals surface area contributed by atoms with Crippen LogP contribution in [0.1, 0.15) is 11.1 Å². The van der Waals surface area contributed by atoms with E-state index in [-0.39, 0.29) is 13.1 Å². The Morgan fingerprint density at radius 2 is 1.32 bits per heavy atom. The predicted octanol–water partition coefficient (Wildman–Crippen LogP) is 2.20. The molecule has 0 aliphatic carbocycles. The zero-order valence-corrected chi connectivity index (χ0v) is 12.5. The molecule has 0 saturated heterocycles. The summed E-state index contributed by atoms with van der Waals surface area (Å²) in [5.41, 5.74) is 1.54. The molecule has 0 aliphatic rings. The molecule has 0 unspecified atom stereocenters. The lowest BCUT2D eigenvalue weighted by molar-refractivity contribution is 0.200. The van der Waals surface area contributed by atoms with Crippen molar-refractivity contribution < 1.29 is 18.3 Å². The van der Waals surface area contributed by atoms with Gasteiger partial charge in [-0.05, 0) is 11.1 Å². The molecule has 2 aromatic rings. The first-order chi connectivity index (χ1) is 10.5. The molecule has 0 saturated carbocycles. The minimum atomic E-state index is -4.13. The smallest absolute Gasteiger partial charge is 0.419 e. The van der Waals surface area contributed by atoms with Crippen molar-refractivity contribution in [2.45, 2.75) is 13.1 Å². The van der Waals surface area contributed by atoms with Crippen LogP contribution in [0.5, 0.6) is 0 Å². The van der Waals surface area contributed by atoms with Crippen LogP contribution in [0, 0.1) is 0 Å². The van der Waals surface area contributed by atoms with Crippen molar-refractivity contribution in [2.75, 3.05) is 0 Å². The van der Waals surface area contributed by atoms with E-state index in [2.05, 4.69) is 0 Å². The number of amides is 1. The Kier molecular flexibility index (Phi) is 5.13. The number of hydrogen-bond donors (Lipinski definition) is 2. The first kappa shape index (κ1) is 16.0. The second-order valence-corrected chi connectivity index (χ2v) is 6.32. The summed E-state index contributed by atoms with van der Waals surface area (Å²) < 4.78 is 27.0. The molecular weight excluding hydrogens is 304 g/mol. The van der Waals surface area contributed by atoms with Crippen molar-refractivity contribution in [3.05, 3.63) is 71.8 Å². The first-order valence-corrected chi connectivity index (χ1v) is 8.00. The lowest BCUT2D eigenvalue weighted by atomic mass is 10.2. The Bertz CT molecular complexity index is 676. The van der Waals surface area contributed by atoms with Gasteiger partial charge in [-0.1, -0.05) is 60.7 Å². The van der Waals surface area contributed by atoms with Crippen molar-refractivity contribution in [3.8, 4) is 0 Å². The molecule has 22 heavy (non-hydrogen) atoms. The van der Waals surface area contributed by atoms with Crippen LogP contribution in [-0.2, 0) is 23.3 Å². The minimum absolute atomic E-state index is 0.0817. The molecule has 0 atom stereocenters. The largest absolute Gasteiger partial charge is 0.464 e. The molecule has 0 fully saturated rings. The monoisotopic (exact) mass is 320 g/mol. The number of carbonyl (C=O) groups is 1. The Hall–Kier alpha value is -2.38. The summed E-state index contributed by atoms with van der Waals surface area (Å²) in [6.45, 7) is 0.163. The summed E-state index contributed by atoms with van der Waals surface area (Å²) in [6.07, 6.45) is -1.61. The summed E-state index contributed by atoms with van der Waals surface area (Å²) in [7, 11) is -4.13. The number of nitrogens with zero attached hydrogens (tertiary/aromatic N) is 1. The fourth-order valence-electron chi connectivity index (χ4n) is 1.97. The van der Waals surface area contributed by atoms with E-state index in [1.54, 1.807) is 53.3 Å². The van der Waals surface area contributed by atoms with Gasteiger partial charge in [-0.25, -0.2) is 9.52 Å². The van der Waals surface area contributed by atoms with Crippen LogP contribution in [-0.4, -0.2) is 23.9 Å². The highest BCUT2D eigenvalue weighted by atomic mass is 32.2. The van der Waals surface area contributed by atoms with Gasteiger partial charge in [0.05, 0.1) is 0 Å². The Morgan fingerprint density at radius 1 is 0.909 bits per heavy atom. The van der Waals surface area contributed by atoms with Crippen molar-refractivity contribution in [2.24, 2.45) is 0 Å². The number of benzene rings is 2. The van der Waals surface area contributed by atoms with Crippen molar-refractivity contribution in [1.29, 1.82) is 0 Å². The third kappa shape index (κ3) is 4.57. The number of hydrogen-bond acceptors (Lipinski definition) is 3. The van der Waals surface area contributed by atoms with E-state index in [0.29, 0.717) is 0 Å². The van der Waals surface area contributed by atoms with E-state index in [1.165, 1.54) is 0 Å². The SMILES string of the molecule is O=C(O)NS(=O)(=O)N(Cc1ccccc1)Cc1ccccc1. The van der Waals surface area contributed by atoms with Gasteiger partial charge in [0.2, 0.25) is 0 Å². The average Bonchev–Trinajstić information content (AvgIpc) is 2.47. The predicted molar refractivity (Wildman–Crippen MR) is 82.2 cm³/mol. The molecule has 6 nitrogen and oxygen atoms in total. The summed E-state index contributed by atoms with van der Waals surface area (Å²) >= 11 is 0. The highest BCUT2D eigenvalue weighted by Crippen LogP contribution is 2.13. The van der Waals surface area contributed by atoms with E-state index in [9.17, 15) is 13.2 Å². The van der Waals surface area contributed by atoms with Crippen LogP contribution in [0.4, 0.5) is 4.79 Å². The fraction of sp³-hybridized carbons (Fsp3) is 0.133. The Morgan fingerprint density at radius 3 is 1.68 bits per heavy atom. The Labute approximate surface area is 129 Å². The van der Waals surface area contributed by atoms with Gasteiger partial charge in [0.15, 0.2) is 0 Å². The molecule has 7 heteroatoms. The highest BCUT2D eigenvalue weighted by Gasteiger charge is 2.24. The zero-order chi connectivity index (χ0) is 16.0. The van der Waals surface area contributed by atoms with Gasteiger partial charge in [-0.2, -0.15) is 12.7 Å². The quantitative estimate of drug-likeness (QED) is 0.854. The minimum Gasteiger partial charge on any atom is -0.464 e. The lowest BCUT2D eigenvalue weighted by Crippen LogP contribution is -2.42. The zero-order valence-electron chi connectivity index (χ0n) is 11.7. The summed E-state index contributed by atoms with van der Waals surface area (Å²) in [5.74, 6) is 0. The fourth-order valence-corrected chi connectivity index (χ4v) is 2.96. The highest BCUT2D eigenvalue weighted by molar-refractivity contribution is 7.87. The van der Waals surface area contributed by atoms with E-state index < -0.39 is 16.3 Å². The molecule has 116 valence electrons. The number of carboxylic acid groups (broad SMARTS) is 1. The molecule has 0 spiro atoms. The molecule has 2 rings (SSSR count). The van der Waals surface area contributed by atoms with Gasteiger partial charge in [-0.3, -0.25) is 0 Å². The van der Waals surface area contributed by atoms with Gasteiger partial charge in [0, 0.05) is 13.1 Å². The van der Waals surface area contributed by atoms with Crippen LogP contribution in [0.2, 0.25) is 0 Å². The second-order valence-electron chi connectivity index (χ2n) is 4.65. The molecule has 0 heterocycles. The van der Waals surface area contributed by atoms with Crippen molar-refractivity contribution >= 4 is 16.3 Å². The molecule has 0 bridgehead atoms. The molecule has 1 amide bonds. The maximum atomic E-state index is 12.2. The van der Waals surface area contributed by atoms with Crippen molar-refractivity contribution in [3.63, 3.8) is 0 Å². The maximum Gasteiger partial charge on any atom is 0.419 e. The van der Waals surface area contributed by atoms with E-state index >= 15 is 0 Å². The van der Waals surface area contributed by atoms with E-state index in [0.717, 1.165) is 15.4 Å². The number of rotatable bonds is 6. The van der Waals surface area contributed by atoms with Crippen LogP contribution >= 0.6 is 0 Å². The van der Waals surface area contributed by atoms with Gasteiger partial charge >= 0.3 is 16.3 Å². The average molecular weight is 320 g/mol. The lowest BCUT2D eigenvalue weighted by Gasteiger charge is -2.21. The second kappa shape index (κ2) is 7.06. The van der Waals surface area contributed by atoms with Gasteiger partial charge in [0.25, 0.3) is 0 Å². The van der Waals surface area contributed by atoms with Crippen LogP contribution in [0.3, 0.4) is 0 Å².